The molecule has 124 valence electrons. The van der Waals surface area contributed by atoms with Crippen LogP contribution in [0.3, 0.4) is 0 Å². The Balaban J connectivity index is 2.42. The molecule has 23 heavy (non-hydrogen) atoms. The van der Waals surface area contributed by atoms with E-state index in [1.54, 1.807) is 0 Å². The van der Waals surface area contributed by atoms with Gasteiger partial charge in [-0.25, -0.2) is 0 Å². The first-order valence-electron chi connectivity index (χ1n) is 7.77. The van der Waals surface area contributed by atoms with Gasteiger partial charge in [-0.3, -0.25) is 0 Å². The van der Waals surface area contributed by atoms with Crippen LogP contribution >= 0.6 is 0 Å². The summed E-state index contributed by atoms with van der Waals surface area (Å²) in [5.41, 5.74) is 1.69. The second-order valence-corrected chi connectivity index (χ2v) is 5.76. The van der Waals surface area contributed by atoms with Crippen LogP contribution in [0.5, 0.6) is 11.5 Å². The van der Waals surface area contributed by atoms with Crippen LogP contribution in [0.4, 0.5) is 0 Å². The van der Waals surface area contributed by atoms with Crippen LogP contribution in [0.1, 0.15) is 25.0 Å². The molecule has 0 saturated carbocycles. The van der Waals surface area contributed by atoms with Crippen LogP contribution in [0, 0.1) is 0 Å². The minimum atomic E-state index is -0.349. The van der Waals surface area contributed by atoms with Crippen LogP contribution in [-0.4, -0.2) is 36.6 Å². The fraction of sp³-hybridized carbons (Fsp3) is 0.368. The van der Waals surface area contributed by atoms with Gasteiger partial charge in [0.15, 0.2) is 0 Å². The summed E-state index contributed by atoms with van der Waals surface area (Å²) in [5.74, 6) is 1.51. The van der Waals surface area contributed by atoms with E-state index < -0.39 is 0 Å². The van der Waals surface area contributed by atoms with Gasteiger partial charge in [0.05, 0.1) is 13.2 Å². The van der Waals surface area contributed by atoms with Crippen LogP contribution in [0.25, 0.3) is 0 Å². The van der Waals surface area contributed by atoms with E-state index in [-0.39, 0.29) is 31.8 Å². The van der Waals surface area contributed by atoms with E-state index in [1.165, 1.54) is 0 Å². The van der Waals surface area contributed by atoms with Gasteiger partial charge in [0.25, 0.3) is 0 Å². The molecule has 0 amide bonds. The lowest BCUT2D eigenvalue weighted by Gasteiger charge is -2.30. The molecule has 0 saturated heterocycles. The summed E-state index contributed by atoms with van der Waals surface area (Å²) < 4.78 is 11.4. The van der Waals surface area contributed by atoms with Crippen molar-refractivity contribution in [3.8, 4) is 11.5 Å². The van der Waals surface area contributed by atoms with Gasteiger partial charge in [-0.05, 0) is 12.1 Å². The average Bonchev–Trinajstić information content (AvgIpc) is 2.58. The number of ether oxygens (including phenoxy) is 2. The highest BCUT2D eigenvalue weighted by molar-refractivity contribution is 5.50. The lowest BCUT2D eigenvalue weighted by atomic mass is 9.77. The predicted octanol–water partition coefficient (Wildman–Crippen LogP) is 2.75. The normalized spacial score (nSPS) is 11.3. The molecule has 2 N–H and O–H groups in total. The van der Waals surface area contributed by atoms with Crippen molar-refractivity contribution in [2.24, 2.45) is 0 Å². The van der Waals surface area contributed by atoms with Gasteiger partial charge in [-0.2, -0.15) is 0 Å². The standard InChI is InChI=1S/C19H24O4/c1-19(2,15-7-3-5-9-17(15)22-13-11-20)16-8-4-6-10-18(16)23-14-12-21/h3-10,20-21H,11-14H2,1-2H3. The number of rotatable bonds is 8. The van der Waals surface area contributed by atoms with Crippen molar-refractivity contribution in [1.29, 1.82) is 0 Å². The summed E-state index contributed by atoms with van der Waals surface area (Å²) in [6.45, 7) is 4.69. The lowest BCUT2D eigenvalue weighted by Crippen LogP contribution is -2.22. The van der Waals surface area contributed by atoms with E-state index >= 15 is 0 Å². The smallest absolute Gasteiger partial charge is 0.123 e. The molecule has 2 aromatic carbocycles. The van der Waals surface area contributed by atoms with Crippen LogP contribution < -0.4 is 9.47 Å². The molecule has 0 bridgehead atoms. The molecule has 0 aliphatic heterocycles. The Kier molecular flexibility index (Phi) is 6.02. The Bertz CT molecular complexity index is 569. The Morgan fingerprint density at radius 2 is 1.13 bits per heavy atom. The van der Waals surface area contributed by atoms with Crippen molar-refractivity contribution in [2.75, 3.05) is 26.4 Å². The van der Waals surface area contributed by atoms with E-state index in [2.05, 4.69) is 13.8 Å². The number of aliphatic hydroxyl groups is 2. The van der Waals surface area contributed by atoms with Crippen molar-refractivity contribution in [3.05, 3.63) is 59.7 Å². The van der Waals surface area contributed by atoms with Gasteiger partial charge in [0, 0.05) is 16.5 Å². The molecular weight excluding hydrogens is 292 g/mol. The SMILES string of the molecule is CC(C)(c1ccccc1OCCO)c1ccccc1OCCO. The number of aliphatic hydroxyl groups excluding tert-OH is 2. The summed E-state index contributed by atoms with van der Waals surface area (Å²) in [5, 5.41) is 18.0. The summed E-state index contributed by atoms with van der Waals surface area (Å²) in [4.78, 5) is 0. The zero-order valence-electron chi connectivity index (χ0n) is 13.7. The molecule has 0 heterocycles. The Morgan fingerprint density at radius 1 is 0.739 bits per heavy atom. The molecule has 0 fully saturated rings. The van der Waals surface area contributed by atoms with Crippen LogP contribution in [0.2, 0.25) is 0 Å². The molecule has 0 atom stereocenters. The second kappa shape index (κ2) is 7.99. The highest BCUT2D eigenvalue weighted by Crippen LogP contribution is 2.41. The second-order valence-electron chi connectivity index (χ2n) is 5.76. The predicted molar refractivity (Wildman–Crippen MR) is 90.2 cm³/mol. The van der Waals surface area contributed by atoms with E-state index in [1.807, 2.05) is 48.5 Å². The zero-order chi connectivity index (χ0) is 16.7. The molecule has 0 spiro atoms. The third kappa shape index (κ3) is 4.03. The molecule has 0 aliphatic rings. The maximum absolute atomic E-state index is 9.01. The molecular formula is C19H24O4. The molecule has 2 rings (SSSR count). The minimum absolute atomic E-state index is 0.0229. The van der Waals surface area contributed by atoms with Crippen LogP contribution in [-0.2, 0) is 5.41 Å². The van der Waals surface area contributed by atoms with Crippen molar-refractivity contribution in [3.63, 3.8) is 0 Å². The van der Waals surface area contributed by atoms with Gasteiger partial charge in [-0.15, -0.1) is 0 Å². The van der Waals surface area contributed by atoms with Gasteiger partial charge in [0.2, 0.25) is 0 Å². The zero-order valence-corrected chi connectivity index (χ0v) is 13.7. The van der Waals surface area contributed by atoms with Gasteiger partial charge >= 0.3 is 0 Å². The molecule has 0 radical (unpaired) electrons. The average molecular weight is 316 g/mol. The Hall–Kier alpha value is -2.04. The van der Waals surface area contributed by atoms with Crippen molar-refractivity contribution >= 4 is 0 Å². The summed E-state index contributed by atoms with van der Waals surface area (Å²) in [7, 11) is 0. The fourth-order valence-electron chi connectivity index (χ4n) is 2.67. The molecule has 0 unspecified atom stereocenters. The monoisotopic (exact) mass is 316 g/mol. The summed E-state index contributed by atoms with van der Waals surface area (Å²) in [6, 6.07) is 15.6. The first-order chi connectivity index (χ1) is 11.1. The third-order valence-electron chi connectivity index (χ3n) is 3.82. The van der Waals surface area contributed by atoms with E-state index in [0.29, 0.717) is 0 Å². The van der Waals surface area contributed by atoms with E-state index in [0.717, 1.165) is 22.6 Å². The minimum Gasteiger partial charge on any atom is -0.491 e. The molecule has 4 nitrogen and oxygen atoms in total. The quantitative estimate of drug-likeness (QED) is 0.786. The first kappa shape index (κ1) is 17.3. The lowest BCUT2D eigenvalue weighted by molar-refractivity contribution is 0.196. The van der Waals surface area contributed by atoms with E-state index in [9.17, 15) is 0 Å². The number of hydrogen-bond donors (Lipinski definition) is 2. The third-order valence-corrected chi connectivity index (χ3v) is 3.82. The Morgan fingerprint density at radius 3 is 1.52 bits per heavy atom. The number of para-hydroxylation sites is 2. The highest BCUT2D eigenvalue weighted by atomic mass is 16.5. The molecule has 0 aromatic heterocycles. The van der Waals surface area contributed by atoms with Crippen molar-refractivity contribution < 1.29 is 19.7 Å². The van der Waals surface area contributed by atoms with E-state index in [4.69, 9.17) is 19.7 Å². The van der Waals surface area contributed by atoms with Crippen LogP contribution in [0.15, 0.2) is 48.5 Å². The highest BCUT2D eigenvalue weighted by Gasteiger charge is 2.29. The largest absolute Gasteiger partial charge is 0.491 e. The van der Waals surface area contributed by atoms with Gasteiger partial charge in [-0.1, -0.05) is 50.2 Å². The summed E-state index contributed by atoms with van der Waals surface area (Å²) >= 11 is 0. The molecule has 2 aromatic rings. The summed E-state index contributed by atoms with van der Waals surface area (Å²) in [6.07, 6.45) is 0. The number of benzene rings is 2. The van der Waals surface area contributed by atoms with Crippen molar-refractivity contribution in [1.82, 2.24) is 0 Å². The van der Waals surface area contributed by atoms with Gasteiger partial charge in [0.1, 0.15) is 24.7 Å². The van der Waals surface area contributed by atoms with Gasteiger partial charge < -0.3 is 19.7 Å². The molecule has 4 heteroatoms. The Labute approximate surface area is 137 Å². The maximum atomic E-state index is 9.01. The number of hydrogen-bond acceptors (Lipinski definition) is 4. The maximum Gasteiger partial charge on any atom is 0.123 e. The topological polar surface area (TPSA) is 58.9 Å². The molecule has 0 aliphatic carbocycles. The fourth-order valence-corrected chi connectivity index (χ4v) is 2.67. The first-order valence-corrected chi connectivity index (χ1v) is 7.77. The van der Waals surface area contributed by atoms with Crippen molar-refractivity contribution in [2.45, 2.75) is 19.3 Å².